The monoisotopic (exact) mass is 351 g/mol. The van der Waals surface area contributed by atoms with Crippen molar-refractivity contribution < 1.29 is 0 Å². The van der Waals surface area contributed by atoms with Crippen molar-refractivity contribution in [3.63, 3.8) is 0 Å². The van der Waals surface area contributed by atoms with E-state index in [9.17, 15) is 0 Å². The molecule has 2 heteroatoms. The molecule has 0 fully saturated rings. The molecule has 0 saturated carbocycles. The van der Waals surface area contributed by atoms with Crippen molar-refractivity contribution in [3.8, 4) is 0 Å². The lowest BCUT2D eigenvalue weighted by molar-refractivity contribution is 0.632. The van der Waals surface area contributed by atoms with Crippen molar-refractivity contribution in [1.29, 1.82) is 0 Å². The zero-order chi connectivity index (χ0) is 12.8. The fourth-order valence-corrected chi connectivity index (χ4v) is 2.82. The first kappa shape index (κ1) is 13.5. The van der Waals surface area contributed by atoms with E-state index >= 15 is 0 Å². The molecule has 2 rings (SSSR count). The average molecular weight is 351 g/mol. The van der Waals surface area contributed by atoms with E-state index in [1.807, 2.05) is 12.4 Å². The van der Waals surface area contributed by atoms with Gasteiger partial charge in [-0.2, -0.15) is 0 Å². The lowest BCUT2D eigenvalue weighted by Crippen LogP contribution is -1.96. The third kappa shape index (κ3) is 3.80. The molecule has 18 heavy (non-hydrogen) atoms. The first-order chi connectivity index (χ1) is 8.77. The van der Waals surface area contributed by atoms with E-state index in [1.54, 1.807) is 0 Å². The van der Waals surface area contributed by atoms with Gasteiger partial charge in [-0.3, -0.25) is 4.98 Å². The van der Waals surface area contributed by atoms with Crippen LogP contribution in [0.4, 0.5) is 0 Å². The summed E-state index contributed by atoms with van der Waals surface area (Å²) >= 11 is 2.42. The minimum Gasteiger partial charge on any atom is -0.265 e. The molecule has 0 amide bonds. The molecule has 0 aliphatic carbocycles. The van der Waals surface area contributed by atoms with Crippen molar-refractivity contribution in [2.45, 2.75) is 32.1 Å². The average Bonchev–Trinajstić information content (AvgIpc) is 2.42. The fraction of sp³-hybridized carbons (Fsp3) is 0.312. The number of nitrogens with zero attached hydrogens (tertiary/aromatic N) is 1. The summed E-state index contributed by atoms with van der Waals surface area (Å²) in [6.07, 6.45) is 7.41. The summed E-state index contributed by atoms with van der Waals surface area (Å²) in [5, 5.41) is 0. The summed E-state index contributed by atoms with van der Waals surface area (Å²) in [5.41, 5.74) is 2.87. The zero-order valence-corrected chi connectivity index (χ0v) is 12.8. The summed E-state index contributed by atoms with van der Waals surface area (Å²) in [4.78, 5) is 4.07. The minimum absolute atomic E-state index is 0.620. The summed E-state index contributed by atoms with van der Waals surface area (Å²) in [6, 6.07) is 12.9. The zero-order valence-electron chi connectivity index (χ0n) is 10.6. The minimum atomic E-state index is 0.620. The Balaban J connectivity index is 1.84. The number of pyridine rings is 1. The van der Waals surface area contributed by atoms with Crippen LogP contribution in [0.5, 0.6) is 0 Å². The van der Waals surface area contributed by atoms with Crippen LogP contribution in [0.3, 0.4) is 0 Å². The van der Waals surface area contributed by atoms with Gasteiger partial charge in [0.1, 0.15) is 0 Å². The number of hydrogen-bond donors (Lipinski definition) is 0. The van der Waals surface area contributed by atoms with Crippen LogP contribution in [0.1, 0.15) is 36.8 Å². The molecular weight excluding hydrogens is 333 g/mol. The number of hydrogen-bond acceptors (Lipinski definition) is 1. The molecule has 0 N–H and O–H groups in total. The third-order valence-corrected chi connectivity index (χ3v) is 4.37. The fourth-order valence-electron chi connectivity index (χ4n) is 2.16. The number of halogens is 1. The molecule has 1 unspecified atom stereocenters. The van der Waals surface area contributed by atoms with Gasteiger partial charge in [-0.05, 0) is 77.1 Å². The maximum atomic E-state index is 4.07. The Hall–Kier alpha value is -0.900. The van der Waals surface area contributed by atoms with Crippen molar-refractivity contribution in [2.75, 3.05) is 0 Å². The van der Waals surface area contributed by atoms with E-state index in [0.717, 1.165) is 0 Å². The van der Waals surface area contributed by atoms with Gasteiger partial charge in [0.15, 0.2) is 0 Å². The van der Waals surface area contributed by atoms with E-state index in [1.165, 1.54) is 34.0 Å². The Bertz CT molecular complexity index is 481. The molecule has 2 aromatic rings. The van der Waals surface area contributed by atoms with Crippen LogP contribution in [-0.4, -0.2) is 4.98 Å². The summed E-state index contributed by atoms with van der Waals surface area (Å²) < 4.78 is 1.38. The van der Waals surface area contributed by atoms with Gasteiger partial charge in [0.25, 0.3) is 0 Å². The molecule has 0 bridgehead atoms. The van der Waals surface area contributed by atoms with Crippen LogP contribution in [0.15, 0.2) is 48.8 Å². The quantitative estimate of drug-likeness (QED) is 0.705. The Kier molecular flexibility index (Phi) is 5.17. The first-order valence-corrected chi connectivity index (χ1v) is 7.48. The maximum absolute atomic E-state index is 4.07. The van der Waals surface area contributed by atoms with Crippen molar-refractivity contribution in [2.24, 2.45) is 0 Å². The molecule has 1 aromatic heterocycles. The largest absolute Gasteiger partial charge is 0.265 e. The van der Waals surface area contributed by atoms with Gasteiger partial charge in [0.2, 0.25) is 0 Å². The topological polar surface area (TPSA) is 12.9 Å². The second-order valence-electron chi connectivity index (χ2n) is 4.67. The molecule has 0 aliphatic heterocycles. The second kappa shape index (κ2) is 6.88. The molecule has 0 radical (unpaired) electrons. The van der Waals surface area contributed by atoms with Crippen molar-refractivity contribution in [3.05, 3.63) is 63.5 Å². The van der Waals surface area contributed by atoms with Gasteiger partial charge < -0.3 is 0 Å². The lowest BCUT2D eigenvalue weighted by Gasteiger charge is -2.11. The van der Waals surface area contributed by atoms with Crippen LogP contribution >= 0.6 is 22.6 Å². The van der Waals surface area contributed by atoms with E-state index in [0.29, 0.717) is 5.92 Å². The van der Waals surface area contributed by atoms with Crippen LogP contribution in [0.2, 0.25) is 0 Å². The van der Waals surface area contributed by atoms with Gasteiger partial charge in [0.05, 0.1) is 0 Å². The molecule has 1 nitrogen and oxygen atoms in total. The Morgan fingerprint density at radius 1 is 1.11 bits per heavy atom. The molecule has 0 saturated heterocycles. The number of aromatic nitrogens is 1. The standard InChI is InChI=1S/C16H18IN/c1-13(14-9-11-18-12-10-14)5-4-7-15-6-2-3-8-16(15)17/h2-3,6,8-13H,4-5,7H2,1H3. The molecule has 0 spiro atoms. The first-order valence-electron chi connectivity index (χ1n) is 6.40. The van der Waals surface area contributed by atoms with Gasteiger partial charge in [-0.15, -0.1) is 0 Å². The summed E-state index contributed by atoms with van der Waals surface area (Å²) in [7, 11) is 0. The normalized spacial score (nSPS) is 12.3. The Labute approximate surface area is 123 Å². The lowest BCUT2D eigenvalue weighted by atomic mass is 9.95. The van der Waals surface area contributed by atoms with Gasteiger partial charge >= 0.3 is 0 Å². The van der Waals surface area contributed by atoms with Crippen molar-refractivity contribution in [1.82, 2.24) is 4.98 Å². The van der Waals surface area contributed by atoms with Gasteiger partial charge in [-0.25, -0.2) is 0 Å². The highest BCUT2D eigenvalue weighted by Gasteiger charge is 2.05. The predicted octanol–water partition coefficient (Wildman–Crippen LogP) is 4.81. The van der Waals surface area contributed by atoms with E-state index < -0.39 is 0 Å². The molecule has 0 aliphatic rings. The van der Waals surface area contributed by atoms with E-state index in [4.69, 9.17) is 0 Å². The van der Waals surface area contributed by atoms with Crippen LogP contribution in [0.25, 0.3) is 0 Å². The van der Waals surface area contributed by atoms with E-state index in [-0.39, 0.29) is 0 Å². The molecular formula is C16H18IN. The van der Waals surface area contributed by atoms with E-state index in [2.05, 4.69) is 70.9 Å². The molecule has 1 aromatic carbocycles. The number of aryl methyl sites for hydroxylation is 1. The summed E-state index contributed by atoms with van der Waals surface area (Å²) in [6.45, 7) is 2.30. The molecule has 1 heterocycles. The summed E-state index contributed by atoms with van der Waals surface area (Å²) in [5.74, 6) is 0.620. The SMILES string of the molecule is CC(CCCc1ccccc1I)c1ccncc1. The van der Waals surface area contributed by atoms with Gasteiger partial charge in [0, 0.05) is 16.0 Å². The molecule has 1 atom stereocenters. The molecule has 94 valence electrons. The van der Waals surface area contributed by atoms with Crippen LogP contribution < -0.4 is 0 Å². The Morgan fingerprint density at radius 3 is 2.56 bits per heavy atom. The van der Waals surface area contributed by atoms with Crippen molar-refractivity contribution >= 4 is 22.6 Å². The maximum Gasteiger partial charge on any atom is 0.0270 e. The second-order valence-corrected chi connectivity index (χ2v) is 5.83. The highest BCUT2D eigenvalue weighted by Crippen LogP contribution is 2.22. The predicted molar refractivity (Wildman–Crippen MR) is 84.7 cm³/mol. The van der Waals surface area contributed by atoms with Crippen LogP contribution in [0, 0.1) is 3.57 Å². The number of benzene rings is 1. The van der Waals surface area contributed by atoms with Gasteiger partial charge in [-0.1, -0.05) is 25.1 Å². The van der Waals surface area contributed by atoms with Crippen LogP contribution in [-0.2, 0) is 6.42 Å². The number of rotatable bonds is 5. The highest BCUT2D eigenvalue weighted by molar-refractivity contribution is 14.1. The highest BCUT2D eigenvalue weighted by atomic mass is 127. The Morgan fingerprint density at radius 2 is 1.83 bits per heavy atom. The smallest absolute Gasteiger partial charge is 0.0270 e. The third-order valence-electron chi connectivity index (χ3n) is 3.32.